The zero-order valence-corrected chi connectivity index (χ0v) is 25.7. The van der Waals surface area contributed by atoms with E-state index in [1.165, 1.54) is 4.68 Å². The topological polar surface area (TPSA) is 74.0 Å². The summed E-state index contributed by atoms with van der Waals surface area (Å²) < 4.78 is 20.9. The fourth-order valence-electron chi connectivity index (χ4n) is 5.35. The number of piperazine rings is 1. The molecule has 226 valence electrons. The van der Waals surface area contributed by atoms with Gasteiger partial charge in [-0.25, -0.2) is 4.79 Å². The SMILES string of the molecule is CCC(C)n1cnn(-c2ccc(N3CCN(c4ccc(OC[C@@H]5CO[C@@H](c6ccc(Cl)cc6Cl)O5)cc4)CC3)cc2)c1=O. The van der Waals surface area contributed by atoms with Crippen molar-refractivity contribution in [2.45, 2.75) is 38.7 Å². The lowest BCUT2D eigenvalue weighted by atomic mass is 10.2. The van der Waals surface area contributed by atoms with Crippen molar-refractivity contribution in [2.75, 3.05) is 49.2 Å². The van der Waals surface area contributed by atoms with Crippen molar-refractivity contribution in [1.29, 1.82) is 0 Å². The fourth-order valence-corrected chi connectivity index (χ4v) is 5.85. The predicted octanol–water partition coefficient (Wildman–Crippen LogP) is 6.13. The van der Waals surface area contributed by atoms with Crippen molar-refractivity contribution < 1.29 is 14.2 Å². The zero-order chi connectivity index (χ0) is 29.9. The van der Waals surface area contributed by atoms with Crippen LogP contribution in [0.5, 0.6) is 5.75 Å². The minimum Gasteiger partial charge on any atom is -0.491 e. The highest BCUT2D eigenvalue weighted by atomic mass is 35.5. The predicted molar refractivity (Wildman–Crippen MR) is 169 cm³/mol. The second-order valence-corrected chi connectivity index (χ2v) is 11.7. The highest BCUT2D eigenvalue weighted by Crippen LogP contribution is 2.33. The van der Waals surface area contributed by atoms with Crippen molar-refractivity contribution in [3.05, 3.63) is 99.2 Å². The Balaban J connectivity index is 0.981. The number of aromatic nitrogens is 3. The van der Waals surface area contributed by atoms with Gasteiger partial charge in [0.05, 0.1) is 17.3 Å². The molecule has 2 fully saturated rings. The van der Waals surface area contributed by atoms with E-state index in [-0.39, 0.29) is 17.8 Å². The number of anilines is 2. The summed E-state index contributed by atoms with van der Waals surface area (Å²) in [4.78, 5) is 17.5. The first-order valence-corrected chi connectivity index (χ1v) is 15.4. The summed E-state index contributed by atoms with van der Waals surface area (Å²) in [7, 11) is 0. The summed E-state index contributed by atoms with van der Waals surface area (Å²) in [5, 5.41) is 5.41. The van der Waals surface area contributed by atoms with Crippen molar-refractivity contribution in [1.82, 2.24) is 14.3 Å². The minimum absolute atomic E-state index is 0.110. The number of hydrogen-bond donors (Lipinski definition) is 0. The van der Waals surface area contributed by atoms with E-state index >= 15 is 0 Å². The first-order chi connectivity index (χ1) is 20.9. The lowest BCUT2D eigenvalue weighted by Gasteiger charge is -2.37. The van der Waals surface area contributed by atoms with Crippen LogP contribution in [0.25, 0.3) is 5.69 Å². The summed E-state index contributed by atoms with van der Waals surface area (Å²) in [6.45, 7) is 8.51. The molecule has 9 nitrogen and oxygen atoms in total. The molecule has 0 saturated carbocycles. The molecule has 3 heterocycles. The van der Waals surface area contributed by atoms with E-state index in [4.69, 9.17) is 37.4 Å². The number of rotatable bonds is 9. The van der Waals surface area contributed by atoms with Crippen molar-refractivity contribution in [3.63, 3.8) is 0 Å². The number of benzene rings is 3. The Labute approximate surface area is 261 Å². The molecule has 1 unspecified atom stereocenters. The second-order valence-electron chi connectivity index (χ2n) is 10.9. The van der Waals surface area contributed by atoms with Gasteiger partial charge in [0.1, 0.15) is 24.8 Å². The summed E-state index contributed by atoms with van der Waals surface area (Å²) in [5.74, 6) is 0.784. The molecule has 2 aliphatic heterocycles. The average Bonchev–Trinajstić information content (AvgIpc) is 3.67. The molecule has 0 N–H and O–H groups in total. The molecular weight excluding hydrogens is 589 g/mol. The number of hydrogen-bond acceptors (Lipinski definition) is 7. The maximum atomic E-state index is 12.7. The minimum atomic E-state index is -0.527. The van der Waals surface area contributed by atoms with Gasteiger partial charge >= 0.3 is 5.69 Å². The molecule has 2 aliphatic rings. The van der Waals surface area contributed by atoms with Crippen LogP contribution in [0.3, 0.4) is 0 Å². The summed E-state index contributed by atoms with van der Waals surface area (Å²) >= 11 is 12.3. The molecule has 3 atom stereocenters. The standard InChI is InChI=1S/C32H35Cl2N5O4/c1-3-22(2)38-21-35-39(32(38)40)26-7-5-24(6-8-26)36-14-16-37(17-15-36)25-9-11-27(12-10-25)41-19-28-20-42-31(43-28)29-13-4-23(33)18-30(29)34/h4-13,18,21-22,28,31H,3,14-17,19-20H2,1-2H3/t22?,28-,31-/m1/s1. The van der Waals surface area contributed by atoms with E-state index in [1.54, 1.807) is 23.0 Å². The fraction of sp³-hybridized carbons (Fsp3) is 0.375. The van der Waals surface area contributed by atoms with Crippen LogP contribution in [0.1, 0.15) is 38.2 Å². The molecule has 3 aromatic carbocycles. The van der Waals surface area contributed by atoms with Crippen LogP contribution in [0.15, 0.2) is 77.9 Å². The summed E-state index contributed by atoms with van der Waals surface area (Å²) in [6, 6.07) is 21.6. The number of ether oxygens (including phenoxy) is 3. The van der Waals surface area contributed by atoms with E-state index in [9.17, 15) is 4.79 Å². The maximum absolute atomic E-state index is 12.7. The first kappa shape index (κ1) is 29.6. The molecule has 0 aliphatic carbocycles. The Morgan fingerprint density at radius 2 is 1.56 bits per heavy atom. The van der Waals surface area contributed by atoms with E-state index < -0.39 is 6.29 Å². The van der Waals surface area contributed by atoms with Gasteiger partial charge in [0.2, 0.25) is 0 Å². The molecule has 0 bridgehead atoms. The molecule has 11 heteroatoms. The van der Waals surface area contributed by atoms with E-state index in [2.05, 4.69) is 46.1 Å². The third kappa shape index (κ3) is 6.55. The Bertz CT molecular complexity index is 1580. The van der Waals surface area contributed by atoms with Gasteiger partial charge in [-0.1, -0.05) is 36.2 Å². The summed E-state index contributed by atoms with van der Waals surface area (Å²) in [6.07, 6.45) is 1.78. The van der Waals surface area contributed by atoms with E-state index in [0.717, 1.165) is 61.0 Å². The number of nitrogens with zero attached hydrogens (tertiary/aromatic N) is 5. The molecular formula is C32H35Cl2N5O4. The van der Waals surface area contributed by atoms with Gasteiger partial charge in [0, 0.05) is 54.2 Å². The Hall–Kier alpha value is -3.50. The van der Waals surface area contributed by atoms with Gasteiger partial charge in [-0.2, -0.15) is 9.78 Å². The molecule has 0 amide bonds. The van der Waals surface area contributed by atoms with Gasteiger partial charge in [0.25, 0.3) is 0 Å². The third-order valence-corrected chi connectivity index (χ3v) is 8.66. The highest BCUT2D eigenvalue weighted by Gasteiger charge is 2.29. The van der Waals surface area contributed by atoms with Crippen LogP contribution >= 0.6 is 23.2 Å². The van der Waals surface area contributed by atoms with Crippen molar-refractivity contribution in [3.8, 4) is 11.4 Å². The molecule has 2 saturated heterocycles. The molecule has 0 radical (unpaired) electrons. The molecule has 1 aromatic heterocycles. The van der Waals surface area contributed by atoms with Gasteiger partial charge in [0.15, 0.2) is 6.29 Å². The first-order valence-electron chi connectivity index (χ1n) is 14.6. The molecule has 4 aromatic rings. The van der Waals surface area contributed by atoms with Crippen LogP contribution in [-0.2, 0) is 9.47 Å². The van der Waals surface area contributed by atoms with Crippen LogP contribution < -0.4 is 20.2 Å². The van der Waals surface area contributed by atoms with Crippen LogP contribution in [-0.4, -0.2) is 59.8 Å². The smallest absolute Gasteiger partial charge is 0.350 e. The molecule has 6 rings (SSSR count). The Morgan fingerprint density at radius 1 is 0.930 bits per heavy atom. The van der Waals surface area contributed by atoms with E-state index in [0.29, 0.717) is 23.3 Å². The van der Waals surface area contributed by atoms with Crippen LogP contribution in [0.2, 0.25) is 10.0 Å². The summed E-state index contributed by atoms with van der Waals surface area (Å²) in [5.41, 5.74) is 3.73. The Morgan fingerprint density at radius 3 is 2.19 bits per heavy atom. The highest BCUT2D eigenvalue weighted by molar-refractivity contribution is 6.35. The van der Waals surface area contributed by atoms with Crippen molar-refractivity contribution in [2.24, 2.45) is 0 Å². The lowest BCUT2D eigenvalue weighted by molar-refractivity contribution is -0.0658. The number of halogens is 2. The van der Waals surface area contributed by atoms with Gasteiger partial charge in [-0.05, 0) is 74.0 Å². The maximum Gasteiger partial charge on any atom is 0.350 e. The molecule has 0 spiro atoms. The zero-order valence-electron chi connectivity index (χ0n) is 24.2. The van der Waals surface area contributed by atoms with Crippen LogP contribution in [0, 0.1) is 0 Å². The largest absolute Gasteiger partial charge is 0.491 e. The van der Waals surface area contributed by atoms with Gasteiger partial charge in [-0.15, -0.1) is 0 Å². The van der Waals surface area contributed by atoms with Crippen molar-refractivity contribution >= 4 is 34.6 Å². The lowest BCUT2D eigenvalue weighted by Crippen LogP contribution is -2.46. The third-order valence-electron chi connectivity index (χ3n) is 8.10. The van der Waals surface area contributed by atoms with Gasteiger partial charge < -0.3 is 24.0 Å². The average molecular weight is 625 g/mol. The monoisotopic (exact) mass is 623 g/mol. The quantitative estimate of drug-likeness (QED) is 0.222. The Kier molecular flexibility index (Phi) is 8.95. The van der Waals surface area contributed by atoms with Gasteiger partial charge in [-0.3, -0.25) is 4.57 Å². The molecule has 43 heavy (non-hydrogen) atoms. The normalized spacial score (nSPS) is 19.5. The van der Waals surface area contributed by atoms with Crippen LogP contribution in [0.4, 0.5) is 11.4 Å². The van der Waals surface area contributed by atoms with E-state index in [1.807, 2.05) is 37.3 Å². The second kappa shape index (κ2) is 13.0.